The fourth-order valence-corrected chi connectivity index (χ4v) is 4.79. The summed E-state index contributed by atoms with van der Waals surface area (Å²) in [6.07, 6.45) is 11.8. The lowest BCUT2D eigenvalue weighted by atomic mass is 9.78. The Morgan fingerprint density at radius 3 is 2.11 bits per heavy atom. The van der Waals surface area contributed by atoms with Crippen LogP contribution in [0.3, 0.4) is 0 Å². The number of anilines is 1. The van der Waals surface area contributed by atoms with Crippen molar-refractivity contribution in [3.63, 3.8) is 0 Å². The molecule has 10 heteroatoms. The Hall–Kier alpha value is -4.60. The summed E-state index contributed by atoms with van der Waals surface area (Å²) in [5.41, 5.74) is 9.80. The normalized spacial score (nSPS) is 18.7. The summed E-state index contributed by atoms with van der Waals surface area (Å²) in [6.45, 7) is 0. The van der Waals surface area contributed by atoms with Crippen LogP contribution in [0, 0.1) is 5.92 Å². The average Bonchev–Trinajstić information content (AvgIpc) is 2.95. The highest BCUT2D eigenvalue weighted by Gasteiger charge is 2.28. The summed E-state index contributed by atoms with van der Waals surface area (Å²) in [5, 5.41) is 14.3. The summed E-state index contributed by atoms with van der Waals surface area (Å²) in [7, 11) is 0. The predicted octanol–water partition coefficient (Wildman–Crippen LogP) is 2.91. The van der Waals surface area contributed by atoms with E-state index in [0.717, 1.165) is 42.8 Å². The zero-order chi connectivity index (χ0) is 26.2. The second-order valence-electron chi connectivity index (χ2n) is 9.45. The Labute approximate surface area is 221 Å². The predicted molar refractivity (Wildman–Crippen MR) is 142 cm³/mol. The van der Waals surface area contributed by atoms with Gasteiger partial charge in [-0.25, -0.2) is 0 Å². The van der Waals surface area contributed by atoms with E-state index in [4.69, 9.17) is 0 Å². The molecule has 1 aliphatic heterocycles. The van der Waals surface area contributed by atoms with Crippen LogP contribution in [-0.2, 0) is 22.4 Å². The molecule has 3 aromatic heterocycles. The van der Waals surface area contributed by atoms with Gasteiger partial charge in [-0.2, -0.15) is 5.10 Å². The maximum Gasteiger partial charge on any atom is 0.231 e. The summed E-state index contributed by atoms with van der Waals surface area (Å²) >= 11 is 0. The molecular weight excluding hydrogens is 480 g/mol. The minimum absolute atomic E-state index is 0.131. The maximum atomic E-state index is 12.3. The number of hydrogen-bond acceptors (Lipinski definition) is 8. The number of carbonyl (C=O) groups excluding carboxylic acids is 2. The van der Waals surface area contributed by atoms with Gasteiger partial charge in [-0.3, -0.25) is 25.0 Å². The molecule has 4 N–H and O–H groups in total. The Morgan fingerprint density at radius 1 is 0.789 bits per heavy atom. The molecular formula is C28H30N8O2. The van der Waals surface area contributed by atoms with Crippen LogP contribution in [0.15, 0.2) is 84.6 Å². The first-order valence-electron chi connectivity index (χ1n) is 12.8. The number of carbonyl (C=O) groups is 2. The molecule has 5 rings (SSSR count). The lowest BCUT2D eigenvalue weighted by molar-refractivity contribution is -0.120. The van der Waals surface area contributed by atoms with Crippen LogP contribution in [0.5, 0.6) is 0 Å². The molecule has 2 amide bonds. The Kier molecular flexibility index (Phi) is 7.98. The van der Waals surface area contributed by atoms with Crippen LogP contribution in [0.2, 0.25) is 0 Å². The number of allylic oxidation sites excluding steroid dienone is 3. The van der Waals surface area contributed by atoms with E-state index in [-0.39, 0.29) is 30.6 Å². The standard InChI is InChI=1S/C28H30N8O2/c37-27(17-21-8-1-3-14-29-21)31-25-12-10-23(33-35-25)19-6-5-7-20(16-19)24-11-13-26(36-34-24)32-28(38)18-22-9-2-4-15-30-22/h1-4,8-15,19-20,33,35H,5-7,16-18H2,(H,31,37)(H,32,36,38)/t19-,20-/m0/s1. The van der Waals surface area contributed by atoms with Gasteiger partial charge < -0.3 is 16.1 Å². The number of nitrogens with zero attached hydrogens (tertiary/aromatic N) is 4. The van der Waals surface area contributed by atoms with Gasteiger partial charge >= 0.3 is 0 Å². The second-order valence-corrected chi connectivity index (χ2v) is 9.45. The topological polar surface area (TPSA) is 134 Å². The smallest absolute Gasteiger partial charge is 0.231 e. The van der Waals surface area contributed by atoms with Crippen LogP contribution >= 0.6 is 0 Å². The highest BCUT2D eigenvalue weighted by Crippen LogP contribution is 2.38. The highest BCUT2D eigenvalue weighted by molar-refractivity contribution is 5.91. The molecule has 194 valence electrons. The van der Waals surface area contributed by atoms with Crippen LogP contribution in [0.25, 0.3) is 0 Å². The molecule has 0 unspecified atom stereocenters. The van der Waals surface area contributed by atoms with Gasteiger partial charge in [-0.05, 0) is 67.8 Å². The summed E-state index contributed by atoms with van der Waals surface area (Å²) in [4.78, 5) is 33.0. The van der Waals surface area contributed by atoms with E-state index in [1.54, 1.807) is 12.4 Å². The monoisotopic (exact) mass is 510 g/mol. The number of rotatable bonds is 8. The van der Waals surface area contributed by atoms with Crippen molar-refractivity contribution in [1.29, 1.82) is 0 Å². The first kappa shape index (κ1) is 25.1. The molecule has 3 aromatic rings. The lowest BCUT2D eigenvalue weighted by Crippen LogP contribution is -2.43. The van der Waals surface area contributed by atoms with Gasteiger partial charge in [-0.1, -0.05) is 18.6 Å². The van der Waals surface area contributed by atoms with E-state index in [0.29, 0.717) is 23.3 Å². The van der Waals surface area contributed by atoms with E-state index in [9.17, 15) is 9.59 Å². The molecule has 4 heterocycles. The summed E-state index contributed by atoms with van der Waals surface area (Å²) < 4.78 is 0. The van der Waals surface area contributed by atoms with Gasteiger partial charge in [0.05, 0.1) is 18.5 Å². The van der Waals surface area contributed by atoms with Crippen molar-refractivity contribution in [1.82, 2.24) is 36.3 Å². The van der Waals surface area contributed by atoms with Gasteiger partial charge in [0.1, 0.15) is 5.82 Å². The Bertz CT molecular complexity index is 1310. The number of aromatic nitrogens is 4. The molecule has 2 aliphatic rings. The number of amides is 2. The SMILES string of the molecule is O=C(Cc1ccccn1)NC1=CC=C([C@H]2CCC[C@H](c3ccc(NC(=O)Cc4ccccn4)nn3)C2)NN1. The molecule has 38 heavy (non-hydrogen) atoms. The molecule has 0 aromatic carbocycles. The van der Waals surface area contributed by atoms with Crippen molar-refractivity contribution in [2.24, 2.45) is 5.92 Å². The third-order valence-corrected chi connectivity index (χ3v) is 6.67. The first-order valence-corrected chi connectivity index (χ1v) is 12.8. The van der Waals surface area contributed by atoms with Crippen molar-refractivity contribution in [3.8, 4) is 0 Å². The van der Waals surface area contributed by atoms with Crippen LogP contribution in [-0.4, -0.2) is 32.0 Å². The van der Waals surface area contributed by atoms with Crippen LogP contribution < -0.4 is 21.5 Å². The van der Waals surface area contributed by atoms with E-state index >= 15 is 0 Å². The quantitative estimate of drug-likeness (QED) is 0.364. The van der Waals surface area contributed by atoms with Crippen molar-refractivity contribution in [2.45, 2.75) is 44.4 Å². The molecule has 10 nitrogen and oxygen atoms in total. The average molecular weight is 511 g/mol. The van der Waals surface area contributed by atoms with Crippen LogP contribution in [0.4, 0.5) is 5.82 Å². The maximum absolute atomic E-state index is 12.3. The van der Waals surface area contributed by atoms with E-state index in [2.05, 4.69) is 41.7 Å². The molecule has 0 bridgehead atoms. The summed E-state index contributed by atoms with van der Waals surface area (Å²) in [5.74, 6) is 1.35. The lowest BCUT2D eigenvalue weighted by Gasteiger charge is -2.32. The molecule has 0 radical (unpaired) electrons. The molecule has 1 aliphatic carbocycles. The molecule has 1 fully saturated rings. The van der Waals surface area contributed by atoms with Gasteiger partial charge in [0, 0.05) is 41.3 Å². The van der Waals surface area contributed by atoms with Crippen LogP contribution in [0.1, 0.15) is 48.7 Å². The fourth-order valence-electron chi connectivity index (χ4n) is 4.79. The first-order chi connectivity index (χ1) is 18.6. The minimum Gasteiger partial charge on any atom is -0.311 e. The van der Waals surface area contributed by atoms with E-state index in [1.165, 1.54) is 0 Å². The third kappa shape index (κ3) is 6.78. The molecule has 1 saturated carbocycles. The molecule has 0 saturated heterocycles. The zero-order valence-electron chi connectivity index (χ0n) is 20.9. The Balaban J connectivity index is 1.13. The molecule has 2 atom stereocenters. The van der Waals surface area contributed by atoms with Crippen molar-refractivity contribution >= 4 is 17.6 Å². The highest BCUT2D eigenvalue weighted by atomic mass is 16.2. The second kappa shape index (κ2) is 12.1. The van der Waals surface area contributed by atoms with Gasteiger partial charge in [0.25, 0.3) is 0 Å². The summed E-state index contributed by atoms with van der Waals surface area (Å²) in [6, 6.07) is 14.8. The number of hydrogen-bond donors (Lipinski definition) is 4. The van der Waals surface area contributed by atoms with Crippen molar-refractivity contribution < 1.29 is 9.59 Å². The van der Waals surface area contributed by atoms with Gasteiger partial charge in [-0.15, -0.1) is 5.10 Å². The van der Waals surface area contributed by atoms with Crippen molar-refractivity contribution in [2.75, 3.05) is 5.32 Å². The number of hydrazine groups is 1. The van der Waals surface area contributed by atoms with Gasteiger partial charge in [0.15, 0.2) is 5.82 Å². The zero-order valence-corrected chi connectivity index (χ0v) is 20.9. The van der Waals surface area contributed by atoms with Gasteiger partial charge in [0.2, 0.25) is 11.8 Å². The number of nitrogens with one attached hydrogen (secondary N) is 4. The fraction of sp³-hybridized carbons (Fsp3) is 0.286. The van der Waals surface area contributed by atoms with E-state index < -0.39 is 0 Å². The van der Waals surface area contributed by atoms with Crippen molar-refractivity contribution in [3.05, 3.63) is 102 Å². The number of pyridine rings is 2. The molecule has 0 spiro atoms. The van der Waals surface area contributed by atoms with E-state index in [1.807, 2.05) is 60.7 Å². The third-order valence-electron chi connectivity index (χ3n) is 6.67. The Morgan fingerprint density at radius 2 is 1.50 bits per heavy atom. The minimum atomic E-state index is -0.174. The largest absolute Gasteiger partial charge is 0.311 e.